The fraction of sp³-hybridized carbons (Fsp3) is 1.00. The number of ether oxygens (including phenoxy) is 1. The highest BCUT2D eigenvalue weighted by molar-refractivity contribution is 7.90. The Morgan fingerprint density at radius 3 is 2.64 bits per heavy atom. The molecule has 0 atom stereocenters. The summed E-state index contributed by atoms with van der Waals surface area (Å²) in [7, 11) is -2.98. The molecule has 1 aliphatic heterocycles. The Balaban J connectivity index is 2.19. The van der Waals surface area contributed by atoms with E-state index in [2.05, 4.69) is 0 Å². The van der Waals surface area contributed by atoms with Crippen LogP contribution < -0.4 is 0 Å². The average molecular weight is 181 g/mol. The van der Waals surface area contributed by atoms with Crippen LogP contribution in [0.15, 0.2) is 0 Å². The van der Waals surface area contributed by atoms with Gasteiger partial charge in [0.25, 0.3) is 0 Å². The highest BCUT2D eigenvalue weighted by Gasteiger charge is 2.31. The van der Waals surface area contributed by atoms with E-state index < -0.39 is 10.0 Å². The third-order valence-corrected chi connectivity index (χ3v) is 3.24. The van der Waals surface area contributed by atoms with Crippen molar-refractivity contribution in [3.8, 4) is 0 Å². The first-order valence-corrected chi connectivity index (χ1v) is 4.94. The third kappa shape index (κ3) is 2.13. The van der Waals surface area contributed by atoms with Gasteiger partial charge in [-0.25, -0.2) is 8.42 Å². The van der Waals surface area contributed by atoms with E-state index in [1.54, 1.807) is 0 Å². The fourth-order valence-electron chi connectivity index (χ4n) is 0.745. The van der Waals surface area contributed by atoms with Crippen LogP contribution in [0.1, 0.15) is 0 Å². The standard InChI is InChI=1S/C5H11NO4S/c7-2-3-10-5-6-1-4-11(6,8)9/h7H,1-5H2. The van der Waals surface area contributed by atoms with Gasteiger partial charge in [-0.3, -0.25) is 0 Å². The molecule has 66 valence electrons. The third-order valence-electron chi connectivity index (χ3n) is 1.46. The van der Waals surface area contributed by atoms with E-state index in [1.165, 1.54) is 4.31 Å². The average Bonchev–Trinajstić information content (AvgIpc) is 1.96. The molecular weight excluding hydrogens is 170 g/mol. The van der Waals surface area contributed by atoms with Crippen LogP contribution >= 0.6 is 0 Å². The summed E-state index contributed by atoms with van der Waals surface area (Å²) in [6, 6.07) is 0. The van der Waals surface area contributed by atoms with E-state index in [0.29, 0.717) is 6.54 Å². The molecule has 1 N–H and O–H groups in total. The molecule has 11 heavy (non-hydrogen) atoms. The van der Waals surface area contributed by atoms with Crippen LogP contribution in [0.2, 0.25) is 0 Å². The second kappa shape index (κ2) is 3.48. The lowest BCUT2D eigenvalue weighted by atomic mass is 10.7. The van der Waals surface area contributed by atoms with E-state index in [4.69, 9.17) is 9.84 Å². The predicted molar refractivity (Wildman–Crippen MR) is 38.4 cm³/mol. The SMILES string of the molecule is O=S1(=O)CCN1COCCO. The molecule has 0 aliphatic carbocycles. The Hall–Kier alpha value is -0.170. The summed E-state index contributed by atoms with van der Waals surface area (Å²) < 4.78 is 27.6. The molecule has 0 radical (unpaired) electrons. The van der Waals surface area contributed by atoms with Crippen molar-refractivity contribution >= 4 is 10.0 Å². The van der Waals surface area contributed by atoms with Crippen LogP contribution in [-0.2, 0) is 14.8 Å². The van der Waals surface area contributed by atoms with E-state index in [9.17, 15) is 8.42 Å². The molecule has 0 unspecified atom stereocenters. The molecule has 1 saturated heterocycles. The number of sulfonamides is 1. The molecule has 0 aromatic rings. The van der Waals surface area contributed by atoms with Gasteiger partial charge >= 0.3 is 0 Å². The van der Waals surface area contributed by atoms with Crippen molar-refractivity contribution in [1.82, 2.24) is 4.31 Å². The molecular formula is C5H11NO4S. The molecule has 0 aromatic heterocycles. The summed E-state index contributed by atoms with van der Waals surface area (Å²) in [6.07, 6.45) is 0. The number of nitrogens with zero attached hydrogens (tertiary/aromatic N) is 1. The van der Waals surface area contributed by atoms with Crippen LogP contribution in [0.4, 0.5) is 0 Å². The number of hydrogen-bond donors (Lipinski definition) is 1. The molecule has 0 saturated carbocycles. The number of rotatable bonds is 4. The molecule has 1 rings (SSSR count). The second-order valence-corrected chi connectivity index (χ2v) is 4.34. The first kappa shape index (κ1) is 8.92. The summed E-state index contributed by atoms with van der Waals surface area (Å²) in [5, 5.41) is 8.31. The van der Waals surface area contributed by atoms with Gasteiger partial charge in [0.2, 0.25) is 10.0 Å². The maximum Gasteiger partial charge on any atom is 0.217 e. The van der Waals surface area contributed by atoms with Gasteiger partial charge in [0, 0.05) is 6.54 Å². The summed E-state index contributed by atoms with van der Waals surface area (Å²) in [5.41, 5.74) is 0. The van der Waals surface area contributed by atoms with Gasteiger partial charge in [-0.05, 0) is 0 Å². The second-order valence-electron chi connectivity index (χ2n) is 2.25. The van der Waals surface area contributed by atoms with Crippen LogP contribution in [-0.4, -0.2) is 50.1 Å². The van der Waals surface area contributed by atoms with Crippen molar-refractivity contribution in [2.45, 2.75) is 0 Å². The molecule has 6 heteroatoms. The Labute approximate surface area is 65.6 Å². The fourth-order valence-corrected chi connectivity index (χ4v) is 1.72. The van der Waals surface area contributed by atoms with E-state index >= 15 is 0 Å². The van der Waals surface area contributed by atoms with Gasteiger partial charge in [-0.15, -0.1) is 0 Å². The van der Waals surface area contributed by atoms with Gasteiger partial charge in [0.15, 0.2) is 0 Å². The van der Waals surface area contributed by atoms with E-state index in [1.807, 2.05) is 0 Å². The van der Waals surface area contributed by atoms with E-state index in [0.717, 1.165) is 0 Å². The number of aliphatic hydroxyl groups is 1. The minimum atomic E-state index is -2.98. The highest BCUT2D eigenvalue weighted by Crippen LogP contribution is 2.11. The molecule has 1 aliphatic rings. The maximum atomic E-state index is 10.8. The van der Waals surface area contributed by atoms with E-state index in [-0.39, 0.29) is 25.7 Å². The van der Waals surface area contributed by atoms with Crippen molar-refractivity contribution in [3.05, 3.63) is 0 Å². The quantitative estimate of drug-likeness (QED) is 0.541. The predicted octanol–water partition coefficient (Wildman–Crippen LogP) is -1.40. The Morgan fingerprint density at radius 2 is 2.27 bits per heavy atom. The van der Waals surface area contributed by atoms with Gasteiger partial charge in [0.05, 0.1) is 19.0 Å². The molecule has 1 fully saturated rings. The van der Waals surface area contributed by atoms with Crippen LogP contribution in [0, 0.1) is 0 Å². The molecule has 0 spiro atoms. The zero-order valence-electron chi connectivity index (χ0n) is 6.06. The smallest absolute Gasteiger partial charge is 0.217 e. The summed E-state index contributed by atoms with van der Waals surface area (Å²) in [6.45, 7) is 0.719. The van der Waals surface area contributed by atoms with Gasteiger partial charge in [-0.1, -0.05) is 0 Å². The number of aliphatic hydroxyl groups excluding tert-OH is 1. The van der Waals surface area contributed by atoms with Crippen molar-refractivity contribution in [1.29, 1.82) is 0 Å². The van der Waals surface area contributed by atoms with Crippen molar-refractivity contribution in [2.75, 3.05) is 32.2 Å². The normalized spacial score (nSPS) is 23.0. The summed E-state index contributed by atoms with van der Waals surface area (Å²) in [5.74, 6) is 0.218. The first-order chi connectivity index (χ1) is 5.17. The molecule has 5 nitrogen and oxygen atoms in total. The summed E-state index contributed by atoms with van der Waals surface area (Å²) in [4.78, 5) is 0. The lowest BCUT2D eigenvalue weighted by molar-refractivity contribution is 0.0418. The Kier molecular flexibility index (Phi) is 2.83. The zero-order valence-corrected chi connectivity index (χ0v) is 6.88. The van der Waals surface area contributed by atoms with Crippen molar-refractivity contribution in [2.24, 2.45) is 0 Å². The minimum absolute atomic E-state index is 0.0723. The van der Waals surface area contributed by atoms with Gasteiger partial charge in [-0.2, -0.15) is 4.31 Å². The summed E-state index contributed by atoms with van der Waals surface area (Å²) >= 11 is 0. The van der Waals surface area contributed by atoms with Crippen LogP contribution in [0.25, 0.3) is 0 Å². The maximum absolute atomic E-state index is 10.8. The van der Waals surface area contributed by atoms with Gasteiger partial charge < -0.3 is 9.84 Å². The largest absolute Gasteiger partial charge is 0.394 e. The van der Waals surface area contributed by atoms with Crippen molar-refractivity contribution in [3.63, 3.8) is 0 Å². The zero-order chi connectivity index (χ0) is 8.32. The Morgan fingerprint density at radius 1 is 1.55 bits per heavy atom. The monoisotopic (exact) mass is 181 g/mol. The lowest BCUT2D eigenvalue weighted by Crippen LogP contribution is -2.48. The lowest BCUT2D eigenvalue weighted by Gasteiger charge is -2.29. The van der Waals surface area contributed by atoms with Crippen LogP contribution in [0.3, 0.4) is 0 Å². The minimum Gasteiger partial charge on any atom is -0.394 e. The van der Waals surface area contributed by atoms with Gasteiger partial charge in [0.1, 0.15) is 6.73 Å². The Bertz CT molecular complexity index is 213. The topological polar surface area (TPSA) is 66.8 Å². The molecule has 0 aromatic carbocycles. The molecule has 0 amide bonds. The number of hydrogen-bond acceptors (Lipinski definition) is 4. The van der Waals surface area contributed by atoms with Crippen LogP contribution in [0.5, 0.6) is 0 Å². The first-order valence-electron chi connectivity index (χ1n) is 3.33. The van der Waals surface area contributed by atoms with Crippen molar-refractivity contribution < 1.29 is 18.3 Å². The molecule has 1 heterocycles. The molecule has 0 bridgehead atoms. The highest BCUT2D eigenvalue weighted by atomic mass is 32.2.